The Morgan fingerprint density at radius 3 is 1.59 bits per heavy atom. The van der Waals surface area contributed by atoms with Crippen molar-refractivity contribution in [3.8, 4) is 33.6 Å². The number of amides is 4. The third-order valence-electron chi connectivity index (χ3n) is 11.4. The van der Waals surface area contributed by atoms with E-state index >= 15 is 0 Å². The highest BCUT2D eigenvalue weighted by molar-refractivity contribution is 6.04. The lowest BCUT2D eigenvalue weighted by atomic mass is 9.93. The van der Waals surface area contributed by atoms with Gasteiger partial charge < -0.3 is 39.9 Å². The Morgan fingerprint density at radius 2 is 1.09 bits per heavy atom. The second-order valence-corrected chi connectivity index (χ2v) is 15.7. The van der Waals surface area contributed by atoms with Crippen molar-refractivity contribution in [1.82, 2.24) is 40.4 Å². The third-order valence-corrected chi connectivity index (χ3v) is 11.4. The molecule has 4 atom stereocenters. The van der Waals surface area contributed by atoms with Crippen LogP contribution >= 0.6 is 0 Å². The van der Waals surface area contributed by atoms with Crippen LogP contribution in [0.3, 0.4) is 0 Å². The SMILES string of the molecule is COC(=O)NC(C(=O)N1CCC[C@H]1c1ncc(-c2ccc(-c3ccc(-c4cnc([C@@H]5CCCN5C(=O)[C@@H](NC(=O)OC)C(C)C)[nH]4)c4ccccc34)cc2)[nH]1)C(C)C. The van der Waals surface area contributed by atoms with Crippen LogP contribution in [-0.2, 0) is 19.1 Å². The second kappa shape index (κ2) is 17.1. The van der Waals surface area contributed by atoms with Crippen molar-refractivity contribution in [1.29, 1.82) is 0 Å². The van der Waals surface area contributed by atoms with Crippen LogP contribution in [0.15, 0.2) is 73.1 Å². The summed E-state index contributed by atoms with van der Waals surface area (Å²) in [6.07, 6.45) is 5.61. The average Bonchev–Trinajstić information content (AvgIpc) is 4.08. The molecule has 2 aliphatic rings. The number of fused-ring (bicyclic) bond motifs is 1. The minimum absolute atomic E-state index is 0.111. The fraction of sp³-hybridized carbons (Fsp3) is 0.409. The number of imidazole rings is 2. The molecular weight excluding hydrogens is 737 g/mol. The summed E-state index contributed by atoms with van der Waals surface area (Å²) >= 11 is 0. The summed E-state index contributed by atoms with van der Waals surface area (Å²) in [5, 5.41) is 7.57. The number of H-pyrrole nitrogens is 2. The minimum Gasteiger partial charge on any atom is -0.453 e. The van der Waals surface area contributed by atoms with Gasteiger partial charge >= 0.3 is 12.2 Å². The molecule has 58 heavy (non-hydrogen) atoms. The zero-order chi connectivity index (χ0) is 41.1. The highest BCUT2D eigenvalue weighted by atomic mass is 16.5. The van der Waals surface area contributed by atoms with E-state index in [1.165, 1.54) is 14.2 Å². The average molecular weight is 789 g/mol. The van der Waals surface area contributed by atoms with Gasteiger partial charge in [0, 0.05) is 18.7 Å². The van der Waals surface area contributed by atoms with Gasteiger partial charge in [-0.05, 0) is 65.0 Å². The molecule has 7 rings (SSSR count). The number of nitrogens with zero attached hydrogens (tertiary/aromatic N) is 4. The van der Waals surface area contributed by atoms with Crippen molar-refractivity contribution in [2.45, 2.75) is 77.5 Å². The molecule has 4 amide bonds. The predicted octanol–water partition coefficient (Wildman–Crippen LogP) is 7.38. The Kier molecular flexibility index (Phi) is 11.8. The number of methoxy groups -OCH3 is 2. The molecule has 2 aromatic heterocycles. The maximum Gasteiger partial charge on any atom is 0.407 e. The van der Waals surface area contributed by atoms with Gasteiger partial charge in [0.15, 0.2) is 0 Å². The largest absolute Gasteiger partial charge is 0.453 e. The number of carbonyl (C=O) groups is 4. The molecular formula is C44H52N8O6. The molecule has 0 saturated carbocycles. The van der Waals surface area contributed by atoms with Gasteiger partial charge in [0.2, 0.25) is 11.8 Å². The van der Waals surface area contributed by atoms with Gasteiger partial charge in [-0.3, -0.25) is 9.59 Å². The standard InChI is InChI=1S/C44H52N8O6/c1-25(2)37(49-43(55)57-5)41(53)51-21-9-13-35(51)39-45-23-33(47-39)28-17-15-27(16-18-28)29-19-20-32(31-12-8-7-11-30(29)31)34-24-46-40(48-34)36-14-10-22-52(36)42(54)38(26(3)4)50-44(56)58-6/h7-8,11-12,15-20,23-26,35-38H,9-10,13-14,21-22H2,1-6H3,(H,45,47)(H,46,48)(H,49,55)(H,50,56)/t35-,36-,37?,38-/m0/s1. The molecule has 4 heterocycles. The summed E-state index contributed by atoms with van der Waals surface area (Å²) in [6.45, 7) is 8.78. The summed E-state index contributed by atoms with van der Waals surface area (Å²) in [6, 6.07) is 19.0. The predicted molar refractivity (Wildman–Crippen MR) is 220 cm³/mol. The minimum atomic E-state index is -0.702. The Morgan fingerprint density at radius 1 is 0.638 bits per heavy atom. The van der Waals surface area contributed by atoms with Gasteiger partial charge in [0.25, 0.3) is 0 Å². The van der Waals surface area contributed by atoms with Crippen LogP contribution in [0.5, 0.6) is 0 Å². The molecule has 1 unspecified atom stereocenters. The van der Waals surface area contributed by atoms with Gasteiger partial charge in [-0.15, -0.1) is 0 Å². The fourth-order valence-corrected chi connectivity index (χ4v) is 8.30. The first-order valence-corrected chi connectivity index (χ1v) is 20.0. The van der Waals surface area contributed by atoms with E-state index in [2.05, 4.69) is 69.1 Å². The molecule has 3 aromatic carbocycles. The van der Waals surface area contributed by atoms with Crippen molar-refractivity contribution in [2.75, 3.05) is 27.3 Å². The summed E-state index contributed by atoms with van der Waals surface area (Å²) in [4.78, 5) is 71.4. The van der Waals surface area contributed by atoms with E-state index in [1.54, 1.807) is 0 Å². The summed E-state index contributed by atoms with van der Waals surface area (Å²) in [7, 11) is 2.58. The van der Waals surface area contributed by atoms with E-state index in [1.807, 2.05) is 62.0 Å². The van der Waals surface area contributed by atoms with Crippen molar-refractivity contribution in [3.63, 3.8) is 0 Å². The first-order valence-electron chi connectivity index (χ1n) is 20.0. The molecule has 14 nitrogen and oxygen atoms in total. The van der Waals surface area contributed by atoms with Gasteiger partial charge in [-0.2, -0.15) is 0 Å². The van der Waals surface area contributed by atoms with Crippen LogP contribution < -0.4 is 10.6 Å². The zero-order valence-corrected chi connectivity index (χ0v) is 33.9. The van der Waals surface area contributed by atoms with Crippen LogP contribution in [0.25, 0.3) is 44.4 Å². The maximum absolute atomic E-state index is 13.7. The lowest BCUT2D eigenvalue weighted by molar-refractivity contribution is -0.136. The number of hydrogen-bond donors (Lipinski definition) is 4. The van der Waals surface area contributed by atoms with Crippen molar-refractivity contribution >= 4 is 34.8 Å². The number of carbonyl (C=O) groups excluding carboxylic acids is 4. The number of likely N-dealkylation sites (tertiary alicyclic amines) is 2. The van der Waals surface area contributed by atoms with Gasteiger partial charge in [-0.1, -0.05) is 88.4 Å². The Hall–Kier alpha value is -6.18. The highest BCUT2D eigenvalue weighted by Gasteiger charge is 2.39. The summed E-state index contributed by atoms with van der Waals surface area (Å²) in [5.74, 6) is 0.920. The number of nitrogens with one attached hydrogen (secondary N) is 4. The van der Waals surface area contributed by atoms with Gasteiger partial charge in [0.05, 0.1) is 50.1 Å². The molecule has 304 valence electrons. The third kappa shape index (κ3) is 8.00. The molecule has 2 saturated heterocycles. The Labute approximate surface area is 338 Å². The van der Waals surface area contributed by atoms with E-state index in [0.29, 0.717) is 13.1 Å². The number of alkyl carbamates (subject to hydrolysis) is 2. The van der Waals surface area contributed by atoms with Gasteiger partial charge in [0.1, 0.15) is 23.7 Å². The number of aromatic amines is 2. The van der Waals surface area contributed by atoms with E-state index in [4.69, 9.17) is 19.4 Å². The molecule has 2 aliphatic heterocycles. The molecule has 0 spiro atoms. The second-order valence-electron chi connectivity index (χ2n) is 15.7. The Bertz CT molecular complexity index is 2280. The topological polar surface area (TPSA) is 175 Å². The van der Waals surface area contributed by atoms with Crippen LogP contribution in [0.2, 0.25) is 0 Å². The first-order chi connectivity index (χ1) is 28.0. The quantitative estimate of drug-likeness (QED) is 0.107. The monoisotopic (exact) mass is 788 g/mol. The number of rotatable bonds is 11. The number of aromatic nitrogens is 4. The zero-order valence-electron chi connectivity index (χ0n) is 33.9. The van der Waals surface area contributed by atoms with Crippen molar-refractivity contribution in [3.05, 3.63) is 84.7 Å². The molecule has 2 fully saturated rings. The van der Waals surface area contributed by atoms with Crippen molar-refractivity contribution in [2.24, 2.45) is 11.8 Å². The van der Waals surface area contributed by atoms with Crippen molar-refractivity contribution < 1.29 is 28.7 Å². The number of benzene rings is 3. The molecule has 0 bridgehead atoms. The first kappa shape index (κ1) is 40.0. The van der Waals surface area contributed by atoms with E-state index < -0.39 is 24.3 Å². The van der Waals surface area contributed by atoms with E-state index in [0.717, 1.165) is 81.7 Å². The van der Waals surface area contributed by atoms with E-state index in [-0.39, 0.29) is 35.7 Å². The molecule has 4 N–H and O–H groups in total. The molecule has 5 aromatic rings. The van der Waals surface area contributed by atoms with Crippen LogP contribution in [0.1, 0.15) is 77.1 Å². The highest BCUT2D eigenvalue weighted by Crippen LogP contribution is 2.38. The van der Waals surface area contributed by atoms with Crippen LogP contribution in [0, 0.1) is 11.8 Å². The maximum atomic E-state index is 13.7. The molecule has 14 heteroatoms. The normalized spacial score (nSPS) is 17.8. The molecule has 0 aliphatic carbocycles. The summed E-state index contributed by atoms with van der Waals surface area (Å²) in [5.41, 5.74) is 5.83. The van der Waals surface area contributed by atoms with E-state index in [9.17, 15) is 19.2 Å². The fourth-order valence-electron chi connectivity index (χ4n) is 8.30. The van der Waals surface area contributed by atoms with Gasteiger partial charge in [-0.25, -0.2) is 19.6 Å². The lowest BCUT2D eigenvalue weighted by Crippen LogP contribution is -2.51. The number of ether oxygens (including phenoxy) is 2. The van der Waals surface area contributed by atoms with Crippen LogP contribution in [0.4, 0.5) is 9.59 Å². The summed E-state index contributed by atoms with van der Waals surface area (Å²) < 4.78 is 9.56. The van der Waals surface area contributed by atoms with Crippen LogP contribution in [-0.4, -0.2) is 93.1 Å². The smallest absolute Gasteiger partial charge is 0.407 e. The lowest BCUT2D eigenvalue weighted by Gasteiger charge is -2.30. The Balaban J connectivity index is 1.09. The molecule has 0 radical (unpaired) electrons. The number of hydrogen-bond acceptors (Lipinski definition) is 8.